The lowest BCUT2D eigenvalue weighted by Gasteiger charge is -2.23. The highest BCUT2D eigenvalue weighted by atomic mass is 15.1. The predicted molar refractivity (Wildman–Crippen MR) is 91.8 cm³/mol. The quantitative estimate of drug-likeness (QED) is 0.878. The fourth-order valence-corrected chi connectivity index (χ4v) is 2.53. The molecule has 1 aliphatic rings. The van der Waals surface area contributed by atoms with E-state index in [1.165, 1.54) is 18.4 Å². The minimum absolute atomic E-state index is 0.0841. The van der Waals surface area contributed by atoms with Crippen molar-refractivity contribution >= 4 is 17.3 Å². The Bertz CT molecular complexity index is 669. The van der Waals surface area contributed by atoms with Crippen LogP contribution in [0.3, 0.4) is 0 Å². The molecule has 1 aliphatic carbocycles. The number of hydrogen-bond donors (Lipinski definition) is 2. The Morgan fingerprint density at radius 1 is 1.05 bits per heavy atom. The van der Waals surface area contributed by atoms with Crippen LogP contribution in [0.1, 0.15) is 45.0 Å². The van der Waals surface area contributed by atoms with Crippen molar-refractivity contribution in [3.63, 3.8) is 0 Å². The Kier molecular flexibility index (Phi) is 3.77. The van der Waals surface area contributed by atoms with Crippen LogP contribution in [-0.4, -0.2) is 16.0 Å². The molecule has 0 atom stereocenters. The summed E-state index contributed by atoms with van der Waals surface area (Å²) in [6.07, 6.45) is 2.47. The van der Waals surface area contributed by atoms with Gasteiger partial charge in [0.15, 0.2) is 0 Å². The van der Waals surface area contributed by atoms with E-state index >= 15 is 0 Å². The van der Waals surface area contributed by atoms with Gasteiger partial charge >= 0.3 is 0 Å². The predicted octanol–water partition coefficient (Wildman–Crippen LogP) is 4.40. The van der Waals surface area contributed by atoms with Crippen molar-refractivity contribution in [3.05, 3.63) is 41.7 Å². The molecule has 1 aromatic carbocycles. The van der Waals surface area contributed by atoms with Gasteiger partial charge in [0.2, 0.25) is 0 Å². The highest BCUT2D eigenvalue weighted by Crippen LogP contribution is 2.31. The van der Waals surface area contributed by atoms with E-state index in [1.54, 1.807) is 0 Å². The lowest BCUT2D eigenvalue weighted by atomic mass is 9.86. The van der Waals surface area contributed by atoms with Gasteiger partial charge in [0, 0.05) is 17.8 Å². The number of benzene rings is 1. The van der Waals surface area contributed by atoms with Crippen LogP contribution in [0, 0.1) is 6.92 Å². The summed E-state index contributed by atoms with van der Waals surface area (Å²) in [6.45, 7) is 8.59. The van der Waals surface area contributed by atoms with Crippen molar-refractivity contribution in [3.8, 4) is 0 Å². The maximum absolute atomic E-state index is 4.52. The fourth-order valence-electron chi connectivity index (χ4n) is 2.53. The zero-order chi connectivity index (χ0) is 15.7. The molecule has 0 unspecified atom stereocenters. The van der Waals surface area contributed by atoms with E-state index in [4.69, 9.17) is 0 Å². The van der Waals surface area contributed by atoms with Gasteiger partial charge in [-0.3, -0.25) is 0 Å². The Balaban J connectivity index is 1.88. The second kappa shape index (κ2) is 5.59. The van der Waals surface area contributed by atoms with Crippen LogP contribution in [0.15, 0.2) is 30.3 Å². The summed E-state index contributed by atoms with van der Waals surface area (Å²) in [6, 6.07) is 11.0. The number of nitrogens with one attached hydrogen (secondary N) is 2. The Hall–Kier alpha value is -2.10. The monoisotopic (exact) mass is 296 g/mol. The van der Waals surface area contributed by atoms with Crippen molar-refractivity contribution in [2.45, 2.75) is 52.0 Å². The summed E-state index contributed by atoms with van der Waals surface area (Å²) in [5, 5.41) is 6.90. The number of hydrogen-bond acceptors (Lipinski definition) is 4. The average molecular weight is 296 g/mol. The largest absolute Gasteiger partial charge is 0.367 e. The fraction of sp³-hybridized carbons (Fsp3) is 0.444. The molecular formula is C18H24N4. The Morgan fingerprint density at radius 2 is 1.73 bits per heavy atom. The normalized spacial score (nSPS) is 14.7. The van der Waals surface area contributed by atoms with E-state index in [0.29, 0.717) is 6.04 Å². The summed E-state index contributed by atoms with van der Waals surface area (Å²) < 4.78 is 0. The topological polar surface area (TPSA) is 49.8 Å². The standard InChI is InChI=1S/C18H24N4/c1-12-19-16(21-13-9-10-13)11-17(20-12)22-15-8-6-5-7-14(15)18(2,3)4/h5-8,11,13H,9-10H2,1-4H3,(H2,19,20,21,22). The number of aryl methyl sites for hydroxylation is 1. The third-order valence-corrected chi connectivity index (χ3v) is 3.77. The number of para-hydroxylation sites is 1. The second-order valence-corrected chi connectivity index (χ2v) is 7.02. The molecule has 2 aromatic rings. The molecule has 0 saturated heterocycles. The van der Waals surface area contributed by atoms with E-state index in [9.17, 15) is 0 Å². The smallest absolute Gasteiger partial charge is 0.136 e. The van der Waals surface area contributed by atoms with E-state index in [0.717, 1.165) is 23.1 Å². The first-order valence-corrected chi connectivity index (χ1v) is 7.90. The van der Waals surface area contributed by atoms with Crippen LogP contribution in [-0.2, 0) is 5.41 Å². The minimum Gasteiger partial charge on any atom is -0.367 e. The first kappa shape index (κ1) is 14.8. The summed E-state index contributed by atoms with van der Waals surface area (Å²) >= 11 is 0. The van der Waals surface area contributed by atoms with Crippen molar-refractivity contribution in [1.29, 1.82) is 0 Å². The van der Waals surface area contributed by atoms with Crippen LogP contribution in [0.5, 0.6) is 0 Å². The summed E-state index contributed by atoms with van der Waals surface area (Å²) in [5.41, 5.74) is 2.47. The molecular weight excluding hydrogens is 272 g/mol. The molecule has 4 heteroatoms. The van der Waals surface area contributed by atoms with Crippen molar-refractivity contribution in [1.82, 2.24) is 9.97 Å². The molecule has 1 heterocycles. The highest BCUT2D eigenvalue weighted by Gasteiger charge is 2.22. The maximum Gasteiger partial charge on any atom is 0.136 e. The lowest BCUT2D eigenvalue weighted by molar-refractivity contribution is 0.592. The molecule has 2 N–H and O–H groups in total. The van der Waals surface area contributed by atoms with Crippen LogP contribution >= 0.6 is 0 Å². The Labute approximate surface area is 132 Å². The minimum atomic E-state index is 0.0841. The first-order chi connectivity index (χ1) is 10.4. The summed E-state index contributed by atoms with van der Waals surface area (Å²) in [4.78, 5) is 8.98. The van der Waals surface area contributed by atoms with Crippen LogP contribution in [0.2, 0.25) is 0 Å². The first-order valence-electron chi connectivity index (χ1n) is 7.90. The van der Waals surface area contributed by atoms with Gasteiger partial charge in [-0.15, -0.1) is 0 Å². The van der Waals surface area contributed by atoms with Crippen molar-refractivity contribution in [2.75, 3.05) is 10.6 Å². The summed E-state index contributed by atoms with van der Waals surface area (Å²) in [7, 11) is 0. The number of aromatic nitrogens is 2. The van der Waals surface area contributed by atoms with Crippen molar-refractivity contribution in [2.24, 2.45) is 0 Å². The van der Waals surface area contributed by atoms with Crippen molar-refractivity contribution < 1.29 is 0 Å². The molecule has 22 heavy (non-hydrogen) atoms. The number of anilines is 3. The molecule has 116 valence electrons. The van der Waals surface area contributed by atoms with E-state index < -0.39 is 0 Å². The van der Waals surface area contributed by atoms with E-state index in [-0.39, 0.29) is 5.41 Å². The van der Waals surface area contributed by atoms with Gasteiger partial charge < -0.3 is 10.6 Å². The molecule has 4 nitrogen and oxygen atoms in total. The molecule has 0 amide bonds. The Morgan fingerprint density at radius 3 is 2.41 bits per heavy atom. The second-order valence-electron chi connectivity index (χ2n) is 7.02. The van der Waals surface area contributed by atoms with E-state index in [1.807, 2.05) is 13.0 Å². The molecule has 0 aliphatic heterocycles. The zero-order valence-corrected chi connectivity index (χ0v) is 13.8. The highest BCUT2D eigenvalue weighted by molar-refractivity contribution is 5.64. The number of rotatable bonds is 4. The van der Waals surface area contributed by atoms with E-state index in [2.05, 4.69) is 65.6 Å². The molecule has 0 radical (unpaired) electrons. The maximum atomic E-state index is 4.52. The molecule has 0 bridgehead atoms. The number of nitrogens with zero attached hydrogens (tertiary/aromatic N) is 2. The van der Waals surface area contributed by atoms with Crippen LogP contribution in [0.4, 0.5) is 17.3 Å². The zero-order valence-electron chi connectivity index (χ0n) is 13.8. The van der Waals surface area contributed by atoms with Gasteiger partial charge in [-0.05, 0) is 36.8 Å². The van der Waals surface area contributed by atoms with Crippen LogP contribution < -0.4 is 10.6 Å². The van der Waals surface area contributed by atoms with Gasteiger partial charge in [-0.25, -0.2) is 9.97 Å². The third-order valence-electron chi connectivity index (χ3n) is 3.77. The third kappa shape index (κ3) is 3.56. The van der Waals surface area contributed by atoms with Gasteiger partial charge in [-0.1, -0.05) is 39.0 Å². The van der Waals surface area contributed by atoms with Crippen LogP contribution in [0.25, 0.3) is 0 Å². The van der Waals surface area contributed by atoms with Gasteiger partial charge in [0.05, 0.1) is 0 Å². The molecule has 1 aromatic heterocycles. The lowest BCUT2D eigenvalue weighted by Crippen LogP contribution is -2.14. The molecule has 1 saturated carbocycles. The molecule has 1 fully saturated rings. The van der Waals surface area contributed by atoms with Gasteiger partial charge in [0.25, 0.3) is 0 Å². The molecule has 0 spiro atoms. The van der Waals surface area contributed by atoms with Gasteiger partial charge in [0.1, 0.15) is 17.5 Å². The molecule has 3 rings (SSSR count). The average Bonchev–Trinajstić information content (AvgIpc) is 3.21. The van der Waals surface area contributed by atoms with Gasteiger partial charge in [-0.2, -0.15) is 0 Å². The summed E-state index contributed by atoms with van der Waals surface area (Å²) in [5.74, 6) is 2.53. The SMILES string of the molecule is Cc1nc(Nc2ccccc2C(C)(C)C)cc(NC2CC2)n1.